The number of hydrogen-bond donors (Lipinski definition) is 3. The minimum Gasteiger partial charge on any atom is -0.483 e. The molecule has 0 saturated heterocycles. The molecule has 0 aliphatic carbocycles. The molecule has 2 aromatic rings. The lowest BCUT2D eigenvalue weighted by Crippen LogP contribution is -2.37. The Balaban J connectivity index is 0.000000647. The average molecular weight is 352 g/mol. The van der Waals surface area contributed by atoms with Crippen LogP contribution < -0.4 is 0 Å². The SMILES string of the molecule is Cc1nc(CC(=O)N2CCc3[nH]nc(C(=O)O)c3C2)cs1.O=CO. The molecule has 0 aromatic carbocycles. The van der Waals surface area contributed by atoms with Crippen LogP contribution in [0.5, 0.6) is 0 Å². The lowest BCUT2D eigenvalue weighted by Gasteiger charge is -2.26. The molecule has 2 aromatic heterocycles. The number of carboxylic acids is 1. The molecule has 1 aliphatic heterocycles. The summed E-state index contributed by atoms with van der Waals surface area (Å²) in [5, 5.41) is 25.3. The standard InChI is InChI=1S/C13H14N4O3S.CH2O2/c1-7-14-8(6-21-7)4-11(18)17-3-2-10-9(5-17)12(13(19)20)16-15-10;2-1-3/h6H,2-5H2,1H3,(H,15,16)(H,19,20);1H,(H,2,3). The highest BCUT2D eigenvalue weighted by Crippen LogP contribution is 2.21. The van der Waals surface area contributed by atoms with Crippen molar-refractivity contribution in [2.24, 2.45) is 0 Å². The average Bonchev–Trinajstić information content (AvgIpc) is 3.13. The van der Waals surface area contributed by atoms with Crippen molar-refractivity contribution in [3.8, 4) is 0 Å². The minimum absolute atomic E-state index is 0.00648. The molecule has 1 amide bonds. The zero-order valence-electron chi connectivity index (χ0n) is 12.9. The number of amides is 1. The van der Waals surface area contributed by atoms with Crippen molar-refractivity contribution in [1.29, 1.82) is 0 Å². The van der Waals surface area contributed by atoms with Crippen LogP contribution >= 0.6 is 11.3 Å². The molecule has 3 rings (SSSR count). The summed E-state index contributed by atoms with van der Waals surface area (Å²) in [6, 6.07) is 0. The summed E-state index contributed by atoms with van der Waals surface area (Å²) in [6.07, 6.45) is 0.845. The molecule has 0 saturated carbocycles. The van der Waals surface area contributed by atoms with Crippen LogP contribution in [0, 0.1) is 6.92 Å². The van der Waals surface area contributed by atoms with Crippen molar-refractivity contribution in [3.05, 3.63) is 33.0 Å². The number of rotatable bonds is 3. The van der Waals surface area contributed by atoms with Gasteiger partial charge in [0, 0.05) is 36.1 Å². The zero-order valence-corrected chi connectivity index (χ0v) is 13.7. The van der Waals surface area contributed by atoms with Crippen LogP contribution in [0.25, 0.3) is 0 Å². The van der Waals surface area contributed by atoms with Crippen LogP contribution in [-0.4, -0.2) is 55.2 Å². The number of thiazole rings is 1. The molecule has 0 atom stereocenters. The summed E-state index contributed by atoms with van der Waals surface area (Å²) < 4.78 is 0. The van der Waals surface area contributed by atoms with Crippen molar-refractivity contribution < 1.29 is 24.6 Å². The van der Waals surface area contributed by atoms with Crippen LogP contribution in [0.1, 0.15) is 32.4 Å². The Bertz CT molecular complexity index is 754. The van der Waals surface area contributed by atoms with Gasteiger partial charge in [0.25, 0.3) is 6.47 Å². The third-order valence-corrected chi connectivity index (χ3v) is 4.31. The number of fused-ring (bicyclic) bond motifs is 1. The van der Waals surface area contributed by atoms with E-state index in [-0.39, 0.29) is 31.0 Å². The molecule has 128 valence electrons. The fourth-order valence-electron chi connectivity index (χ4n) is 2.44. The van der Waals surface area contributed by atoms with Gasteiger partial charge < -0.3 is 15.1 Å². The Kier molecular flexibility index (Phi) is 5.64. The molecule has 0 bridgehead atoms. The number of aromatic nitrogens is 3. The van der Waals surface area contributed by atoms with Gasteiger partial charge in [0.2, 0.25) is 5.91 Å². The van der Waals surface area contributed by atoms with Gasteiger partial charge in [-0.1, -0.05) is 0 Å². The first kappa shape index (κ1) is 17.6. The molecule has 0 spiro atoms. The Morgan fingerprint density at radius 3 is 2.79 bits per heavy atom. The van der Waals surface area contributed by atoms with Crippen molar-refractivity contribution in [2.45, 2.75) is 26.3 Å². The number of H-pyrrole nitrogens is 1. The topological polar surface area (TPSA) is 136 Å². The van der Waals surface area contributed by atoms with Crippen molar-refractivity contribution >= 4 is 29.7 Å². The highest BCUT2D eigenvalue weighted by Gasteiger charge is 2.27. The summed E-state index contributed by atoms with van der Waals surface area (Å²) in [5.41, 5.74) is 2.18. The molecule has 10 heteroatoms. The monoisotopic (exact) mass is 352 g/mol. The second-order valence-electron chi connectivity index (χ2n) is 5.04. The van der Waals surface area contributed by atoms with Gasteiger partial charge in [0.15, 0.2) is 5.69 Å². The van der Waals surface area contributed by atoms with Gasteiger partial charge in [-0.05, 0) is 6.92 Å². The Morgan fingerprint density at radius 2 is 2.21 bits per heavy atom. The van der Waals surface area contributed by atoms with E-state index in [1.165, 1.54) is 11.3 Å². The van der Waals surface area contributed by atoms with E-state index in [1.54, 1.807) is 4.90 Å². The predicted octanol–water partition coefficient (Wildman–Crippen LogP) is 0.701. The quantitative estimate of drug-likeness (QED) is 0.692. The molecule has 0 fully saturated rings. The first-order valence-corrected chi connectivity index (χ1v) is 7.90. The fourth-order valence-corrected chi connectivity index (χ4v) is 3.05. The zero-order chi connectivity index (χ0) is 17.7. The molecule has 9 nitrogen and oxygen atoms in total. The Morgan fingerprint density at radius 1 is 1.50 bits per heavy atom. The molecular weight excluding hydrogens is 336 g/mol. The molecule has 3 N–H and O–H groups in total. The van der Waals surface area contributed by atoms with Gasteiger partial charge in [-0.15, -0.1) is 11.3 Å². The van der Waals surface area contributed by atoms with E-state index in [4.69, 9.17) is 15.0 Å². The number of carbonyl (C=O) groups excluding carboxylic acids is 1. The summed E-state index contributed by atoms with van der Waals surface area (Å²) in [5.74, 6) is -1.11. The lowest BCUT2D eigenvalue weighted by atomic mass is 10.0. The van der Waals surface area contributed by atoms with Crippen LogP contribution in [0.3, 0.4) is 0 Å². The van der Waals surface area contributed by atoms with Crippen LogP contribution in [0.15, 0.2) is 5.38 Å². The first-order chi connectivity index (χ1) is 11.5. The van der Waals surface area contributed by atoms with Crippen molar-refractivity contribution in [3.63, 3.8) is 0 Å². The molecule has 24 heavy (non-hydrogen) atoms. The van der Waals surface area contributed by atoms with Gasteiger partial charge in [0.05, 0.1) is 17.1 Å². The van der Waals surface area contributed by atoms with Crippen molar-refractivity contribution in [1.82, 2.24) is 20.1 Å². The largest absolute Gasteiger partial charge is 0.483 e. The number of nitrogens with zero attached hydrogens (tertiary/aromatic N) is 3. The summed E-state index contributed by atoms with van der Waals surface area (Å²) >= 11 is 1.51. The number of aromatic carboxylic acids is 1. The third kappa shape index (κ3) is 3.96. The number of carbonyl (C=O) groups is 3. The Hall–Kier alpha value is -2.75. The highest BCUT2D eigenvalue weighted by molar-refractivity contribution is 7.09. The molecule has 0 radical (unpaired) electrons. The van der Waals surface area contributed by atoms with E-state index in [2.05, 4.69) is 15.2 Å². The lowest BCUT2D eigenvalue weighted by molar-refractivity contribution is -0.131. The first-order valence-electron chi connectivity index (χ1n) is 7.02. The van der Waals surface area contributed by atoms with Crippen LogP contribution in [-0.2, 0) is 29.0 Å². The van der Waals surface area contributed by atoms with E-state index < -0.39 is 5.97 Å². The van der Waals surface area contributed by atoms with E-state index in [0.29, 0.717) is 18.5 Å². The van der Waals surface area contributed by atoms with E-state index in [9.17, 15) is 9.59 Å². The summed E-state index contributed by atoms with van der Waals surface area (Å²) in [7, 11) is 0. The van der Waals surface area contributed by atoms with Gasteiger partial charge in [-0.2, -0.15) is 5.10 Å². The van der Waals surface area contributed by atoms with Crippen LogP contribution in [0.2, 0.25) is 0 Å². The predicted molar refractivity (Wildman–Crippen MR) is 83.9 cm³/mol. The van der Waals surface area contributed by atoms with Crippen LogP contribution in [0.4, 0.5) is 0 Å². The summed E-state index contributed by atoms with van der Waals surface area (Å²) in [4.78, 5) is 37.7. The molecular formula is C14H16N4O5S. The fraction of sp³-hybridized carbons (Fsp3) is 0.357. The number of nitrogens with one attached hydrogen (secondary N) is 1. The number of hydrogen-bond acceptors (Lipinski definition) is 6. The minimum atomic E-state index is -1.07. The second-order valence-corrected chi connectivity index (χ2v) is 6.10. The van der Waals surface area contributed by atoms with Crippen molar-refractivity contribution in [2.75, 3.05) is 6.54 Å². The summed E-state index contributed by atoms with van der Waals surface area (Å²) in [6.45, 7) is 2.50. The van der Waals surface area contributed by atoms with Gasteiger partial charge in [-0.25, -0.2) is 9.78 Å². The highest BCUT2D eigenvalue weighted by atomic mass is 32.1. The maximum Gasteiger partial charge on any atom is 0.356 e. The number of carboxylic acid groups (broad SMARTS) is 2. The van der Waals surface area contributed by atoms with E-state index >= 15 is 0 Å². The maximum atomic E-state index is 12.3. The smallest absolute Gasteiger partial charge is 0.356 e. The van der Waals surface area contributed by atoms with Gasteiger partial charge >= 0.3 is 5.97 Å². The maximum absolute atomic E-state index is 12.3. The second kappa shape index (κ2) is 7.68. The van der Waals surface area contributed by atoms with Gasteiger partial charge in [0.1, 0.15) is 0 Å². The Labute approximate surface area is 140 Å². The molecule has 0 unspecified atom stereocenters. The third-order valence-electron chi connectivity index (χ3n) is 3.49. The number of aromatic amines is 1. The van der Waals surface area contributed by atoms with Gasteiger partial charge in [-0.3, -0.25) is 14.7 Å². The normalized spacial score (nSPS) is 12.8. The van der Waals surface area contributed by atoms with E-state index in [1.807, 2.05) is 12.3 Å². The molecule has 3 heterocycles. The molecule has 1 aliphatic rings. The number of aryl methyl sites for hydroxylation is 1. The van der Waals surface area contributed by atoms with E-state index in [0.717, 1.165) is 16.4 Å².